The van der Waals surface area contributed by atoms with Crippen molar-refractivity contribution >= 4 is 16.7 Å². The lowest BCUT2D eigenvalue weighted by atomic mass is 10.0. The second kappa shape index (κ2) is 4.00. The molecule has 0 aliphatic rings. The van der Waals surface area contributed by atoms with Crippen molar-refractivity contribution in [3.63, 3.8) is 0 Å². The summed E-state index contributed by atoms with van der Waals surface area (Å²) in [5.41, 5.74) is 7.23. The number of nitrogens with zero attached hydrogens (tertiary/aromatic N) is 1. The van der Waals surface area contributed by atoms with E-state index in [1.54, 1.807) is 6.07 Å². The third-order valence-corrected chi connectivity index (χ3v) is 2.91. The summed E-state index contributed by atoms with van der Waals surface area (Å²) >= 11 is 0. The molecule has 3 N–H and O–H groups in total. The molecule has 1 heterocycles. The minimum atomic E-state index is -0.506. The predicted molar refractivity (Wildman–Crippen MR) is 70.0 cm³/mol. The van der Waals surface area contributed by atoms with Crippen molar-refractivity contribution in [3.05, 3.63) is 54.2 Å². The first-order valence-electron chi connectivity index (χ1n) is 5.59. The number of aromatic amines is 1. The Morgan fingerprint density at radius 3 is 2.67 bits per heavy atom. The minimum Gasteiger partial charge on any atom is -0.364 e. The van der Waals surface area contributed by atoms with E-state index in [0.29, 0.717) is 5.69 Å². The Labute approximate surface area is 103 Å². The molecule has 0 spiro atoms. The number of hydrogen-bond acceptors (Lipinski definition) is 2. The van der Waals surface area contributed by atoms with Crippen molar-refractivity contribution in [2.75, 3.05) is 0 Å². The highest BCUT2D eigenvalue weighted by atomic mass is 16.1. The Balaban J connectivity index is 2.21. The molecule has 0 saturated heterocycles. The van der Waals surface area contributed by atoms with Gasteiger partial charge in [-0.3, -0.25) is 9.89 Å². The lowest BCUT2D eigenvalue weighted by Crippen LogP contribution is -2.10. The second-order valence-electron chi connectivity index (χ2n) is 4.06. The number of fused-ring (bicyclic) bond motifs is 1. The topological polar surface area (TPSA) is 71.8 Å². The molecule has 0 unspecified atom stereocenters. The molecular formula is C14H11N3O. The number of primary amides is 1. The van der Waals surface area contributed by atoms with E-state index in [4.69, 9.17) is 5.73 Å². The van der Waals surface area contributed by atoms with E-state index in [0.717, 1.165) is 22.0 Å². The molecule has 0 atom stereocenters. The summed E-state index contributed by atoms with van der Waals surface area (Å²) in [7, 11) is 0. The highest BCUT2D eigenvalue weighted by molar-refractivity contribution is 5.97. The van der Waals surface area contributed by atoms with Gasteiger partial charge < -0.3 is 5.73 Å². The van der Waals surface area contributed by atoms with E-state index in [2.05, 4.69) is 10.2 Å². The van der Waals surface area contributed by atoms with Gasteiger partial charge >= 0.3 is 0 Å². The van der Waals surface area contributed by atoms with Crippen LogP contribution in [0.1, 0.15) is 10.5 Å². The molecule has 3 aromatic rings. The van der Waals surface area contributed by atoms with Crippen molar-refractivity contribution in [3.8, 4) is 11.3 Å². The average Bonchev–Trinajstić information content (AvgIpc) is 2.87. The number of amides is 1. The standard InChI is InChI=1S/C14H11N3O/c15-14(18)13-8-12(16-17-13)11-7-3-5-9-4-1-2-6-10(9)11/h1-8H,(H2,15,18)(H,16,17). The summed E-state index contributed by atoms with van der Waals surface area (Å²) in [5, 5.41) is 9.01. The first-order valence-corrected chi connectivity index (χ1v) is 5.59. The van der Waals surface area contributed by atoms with Crippen molar-refractivity contribution in [1.29, 1.82) is 0 Å². The highest BCUT2D eigenvalue weighted by Gasteiger charge is 2.09. The maximum absolute atomic E-state index is 11.1. The lowest BCUT2D eigenvalue weighted by Gasteiger charge is -2.02. The smallest absolute Gasteiger partial charge is 0.266 e. The van der Waals surface area contributed by atoms with Crippen LogP contribution >= 0.6 is 0 Å². The number of H-pyrrole nitrogens is 1. The zero-order valence-corrected chi connectivity index (χ0v) is 9.55. The quantitative estimate of drug-likeness (QED) is 0.718. The Kier molecular flexibility index (Phi) is 2.34. The number of nitrogens with one attached hydrogen (secondary N) is 1. The van der Waals surface area contributed by atoms with Crippen molar-refractivity contribution in [2.24, 2.45) is 5.73 Å². The first kappa shape index (κ1) is 10.5. The second-order valence-corrected chi connectivity index (χ2v) is 4.06. The summed E-state index contributed by atoms with van der Waals surface area (Å²) in [6.45, 7) is 0. The van der Waals surface area contributed by atoms with E-state index < -0.39 is 5.91 Å². The van der Waals surface area contributed by atoms with Gasteiger partial charge in [-0.05, 0) is 16.8 Å². The molecule has 2 aromatic carbocycles. The van der Waals surface area contributed by atoms with Crippen LogP contribution in [-0.4, -0.2) is 16.1 Å². The molecule has 1 aromatic heterocycles. The largest absolute Gasteiger partial charge is 0.364 e. The number of aromatic nitrogens is 2. The number of nitrogens with two attached hydrogens (primary N) is 1. The third kappa shape index (κ3) is 1.64. The first-order chi connectivity index (χ1) is 8.75. The summed E-state index contributed by atoms with van der Waals surface area (Å²) in [5.74, 6) is -0.506. The minimum absolute atomic E-state index is 0.318. The van der Waals surface area contributed by atoms with Crippen LogP contribution in [0, 0.1) is 0 Å². The maximum atomic E-state index is 11.1. The van der Waals surface area contributed by atoms with Crippen LogP contribution in [0.15, 0.2) is 48.5 Å². The zero-order chi connectivity index (χ0) is 12.5. The van der Waals surface area contributed by atoms with Gasteiger partial charge in [0.25, 0.3) is 5.91 Å². The fourth-order valence-corrected chi connectivity index (χ4v) is 2.03. The normalized spacial score (nSPS) is 10.7. The summed E-state index contributed by atoms with van der Waals surface area (Å²) in [4.78, 5) is 11.1. The zero-order valence-electron chi connectivity index (χ0n) is 9.55. The van der Waals surface area contributed by atoms with Crippen molar-refractivity contribution in [2.45, 2.75) is 0 Å². The number of carbonyl (C=O) groups is 1. The molecule has 1 amide bonds. The summed E-state index contributed by atoms with van der Waals surface area (Å²) < 4.78 is 0. The Bertz CT molecular complexity index is 725. The maximum Gasteiger partial charge on any atom is 0.266 e. The van der Waals surface area contributed by atoms with E-state index >= 15 is 0 Å². The van der Waals surface area contributed by atoms with Crippen LogP contribution in [-0.2, 0) is 0 Å². The summed E-state index contributed by atoms with van der Waals surface area (Å²) in [6.07, 6.45) is 0. The monoisotopic (exact) mass is 237 g/mol. The number of carbonyl (C=O) groups excluding carboxylic acids is 1. The number of rotatable bonds is 2. The van der Waals surface area contributed by atoms with Crippen LogP contribution < -0.4 is 5.73 Å². The van der Waals surface area contributed by atoms with Gasteiger partial charge in [-0.2, -0.15) is 5.10 Å². The van der Waals surface area contributed by atoms with Crippen LogP contribution in [0.25, 0.3) is 22.0 Å². The van der Waals surface area contributed by atoms with E-state index in [-0.39, 0.29) is 0 Å². The SMILES string of the molecule is NC(=O)c1cc(-c2cccc3ccccc23)n[nH]1. The third-order valence-electron chi connectivity index (χ3n) is 2.91. The van der Waals surface area contributed by atoms with Gasteiger partial charge in [0.05, 0.1) is 5.69 Å². The number of benzene rings is 2. The Morgan fingerprint density at radius 1 is 1.11 bits per heavy atom. The molecule has 4 heteroatoms. The number of hydrogen-bond donors (Lipinski definition) is 2. The molecule has 0 bridgehead atoms. The molecule has 4 nitrogen and oxygen atoms in total. The van der Waals surface area contributed by atoms with Gasteiger partial charge in [-0.25, -0.2) is 0 Å². The van der Waals surface area contributed by atoms with Gasteiger partial charge in [-0.1, -0.05) is 42.5 Å². The summed E-state index contributed by atoms with van der Waals surface area (Å²) in [6, 6.07) is 15.7. The fraction of sp³-hybridized carbons (Fsp3) is 0. The van der Waals surface area contributed by atoms with Gasteiger partial charge in [0.15, 0.2) is 0 Å². The fourth-order valence-electron chi connectivity index (χ4n) is 2.03. The van der Waals surface area contributed by atoms with Gasteiger partial charge in [0.1, 0.15) is 5.69 Å². The van der Waals surface area contributed by atoms with E-state index in [1.807, 2.05) is 42.5 Å². The highest BCUT2D eigenvalue weighted by Crippen LogP contribution is 2.27. The molecule has 0 radical (unpaired) electrons. The Hall–Kier alpha value is -2.62. The molecule has 3 rings (SSSR count). The average molecular weight is 237 g/mol. The van der Waals surface area contributed by atoms with E-state index in [9.17, 15) is 4.79 Å². The van der Waals surface area contributed by atoms with Crippen molar-refractivity contribution in [1.82, 2.24) is 10.2 Å². The molecular weight excluding hydrogens is 226 g/mol. The lowest BCUT2D eigenvalue weighted by molar-refractivity contribution is 0.0995. The molecule has 88 valence electrons. The van der Waals surface area contributed by atoms with Crippen molar-refractivity contribution < 1.29 is 4.79 Å². The van der Waals surface area contributed by atoms with Crippen LogP contribution in [0.3, 0.4) is 0 Å². The molecule has 18 heavy (non-hydrogen) atoms. The van der Waals surface area contributed by atoms with Gasteiger partial charge in [0, 0.05) is 5.56 Å². The van der Waals surface area contributed by atoms with E-state index in [1.165, 1.54) is 0 Å². The molecule has 0 fully saturated rings. The molecule has 0 saturated carbocycles. The van der Waals surface area contributed by atoms with Crippen LogP contribution in [0.2, 0.25) is 0 Å². The predicted octanol–water partition coefficient (Wildman–Crippen LogP) is 2.33. The van der Waals surface area contributed by atoms with Crippen LogP contribution in [0.4, 0.5) is 0 Å². The Morgan fingerprint density at radius 2 is 1.89 bits per heavy atom. The van der Waals surface area contributed by atoms with Gasteiger partial charge in [-0.15, -0.1) is 0 Å². The van der Waals surface area contributed by atoms with Gasteiger partial charge in [0.2, 0.25) is 0 Å². The molecule has 0 aliphatic carbocycles. The van der Waals surface area contributed by atoms with Crippen LogP contribution in [0.5, 0.6) is 0 Å². The molecule has 0 aliphatic heterocycles.